The van der Waals surface area contributed by atoms with Crippen molar-refractivity contribution in [1.29, 1.82) is 0 Å². The normalized spacial score (nSPS) is 12.5. The van der Waals surface area contributed by atoms with Crippen molar-refractivity contribution in [1.82, 2.24) is 15.6 Å². The van der Waals surface area contributed by atoms with Gasteiger partial charge in [0.25, 0.3) is 0 Å². The number of nitrogens with two attached hydrogens (primary N) is 1. The monoisotopic (exact) mass is 638 g/mol. The van der Waals surface area contributed by atoms with Crippen LogP contribution in [0, 0.1) is 29.1 Å². The number of carbonyl (C=O) groups is 4. The van der Waals surface area contributed by atoms with Crippen LogP contribution in [0.3, 0.4) is 0 Å². The van der Waals surface area contributed by atoms with Crippen LogP contribution in [0.25, 0.3) is 10.9 Å². The molecule has 1 aromatic heterocycles. The zero-order valence-electron chi connectivity index (χ0n) is 24.6. The molecule has 0 unspecified atom stereocenters. The Morgan fingerprint density at radius 3 is 2.07 bits per heavy atom. The zero-order valence-corrected chi connectivity index (χ0v) is 24.6. The maximum atomic E-state index is 14.1. The number of benzene rings is 2. The first-order valence-corrected chi connectivity index (χ1v) is 14.6. The number of primary amides is 1. The van der Waals surface area contributed by atoms with Crippen molar-refractivity contribution in [2.45, 2.75) is 83.2 Å². The molecular formula is C31H35F5N4O5. The number of nitrogens with one attached hydrogen (secondary N) is 3. The van der Waals surface area contributed by atoms with E-state index in [0.717, 1.165) is 49.4 Å². The predicted octanol–water partition coefficient (Wildman–Crippen LogP) is 5.00. The number of rotatable bonds is 17. The lowest BCUT2D eigenvalue weighted by molar-refractivity contribution is -0.142. The van der Waals surface area contributed by atoms with Gasteiger partial charge >= 0.3 is 5.97 Å². The van der Waals surface area contributed by atoms with Crippen molar-refractivity contribution in [3.8, 4) is 5.75 Å². The van der Waals surface area contributed by atoms with Crippen LogP contribution in [0.1, 0.15) is 70.3 Å². The molecule has 0 saturated carbocycles. The Hall–Kier alpha value is -4.49. The van der Waals surface area contributed by atoms with Gasteiger partial charge < -0.3 is 26.1 Å². The maximum absolute atomic E-state index is 14.1. The average molecular weight is 639 g/mol. The molecule has 5 N–H and O–H groups in total. The van der Waals surface area contributed by atoms with Crippen LogP contribution in [0.2, 0.25) is 0 Å². The molecular weight excluding hydrogens is 603 g/mol. The van der Waals surface area contributed by atoms with Gasteiger partial charge in [-0.15, -0.1) is 0 Å². The van der Waals surface area contributed by atoms with E-state index in [-0.39, 0.29) is 12.8 Å². The summed E-state index contributed by atoms with van der Waals surface area (Å²) in [5.41, 5.74) is 6.55. The number of aromatic amines is 1. The second kappa shape index (κ2) is 16.5. The minimum absolute atomic E-state index is 0.0748. The fraction of sp³-hybridized carbons (Fsp3) is 0.419. The number of ether oxygens (including phenoxy) is 1. The summed E-state index contributed by atoms with van der Waals surface area (Å²) in [5.74, 6) is -18.3. The molecule has 2 atom stereocenters. The van der Waals surface area contributed by atoms with Gasteiger partial charge in [0.05, 0.1) is 6.42 Å². The Morgan fingerprint density at radius 2 is 1.42 bits per heavy atom. The molecule has 0 aliphatic heterocycles. The topological polar surface area (TPSA) is 143 Å². The molecule has 0 radical (unpaired) electrons. The molecule has 2 aromatic carbocycles. The minimum atomic E-state index is -2.47. The van der Waals surface area contributed by atoms with E-state index in [2.05, 4.69) is 27.3 Å². The van der Waals surface area contributed by atoms with Crippen molar-refractivity contribution < 1.29 is 45.9 Å². The number of para-hydroxylation sites is 1. The maximum Gasteiger partial charge on any atom is 0.334 e. The van der Waals surface area contributed by atoms with Gasteiger partial charge in [-0.3, -0.25) is 14.4 Å². The van der Waals surface area contributed by atoms with Crippen molar-refractivity contribution in [2.24, 2.45) is 5.73 Å². The summed E-state index contributed by atoms with van der Waals surface area (Å²) in [6, 6.07) is 3.83. The highest BCUT2D eigenvalue weighted by atomic mass is 19.2. The van der Waals surface area contributed by atoms with E-state index in [1.165, 1.54) is 0 Å². The highest BCUT2D eigenvalue weighted by Gasteiger charge is 2.33. The number of halogens is 5. The molecule has 3 rings (SSSR count). The summed E-state index contributed by atoms with van der Waals surface area (Å²) in [6.45, 7) is 2.11. The first-order valence-electron chi connectivity index (χ1n) is 14.6. The number of unbranched alkanes of at least 4 members (excludes halogenated alkanes) is 6. The van der Waals surface area contributed by atoms with Crippen LogP contribution in [-0.2, 0) is 25.6 Å². The van der Waals surface area contributed by atoms with Gasteiger partial charge in [-0.05, 0) is 18.1 Å². The molecule has 1 heterocycles. The van der Waals surface area contributed by atoms with Crippen LogP contribution in [0.5, 0.6) is 5.75 Å². The molecule has 0 aliphatic carbocycles. The van der Waals surface area contributed by atoms with E-state index in [1.807, 2.05) is 0 Å². The summed E-state index contributed by atoms with van der Waals surface area (Å²) >= 11 is 0. The average Bonchev–Trinajstić information content (AvgIpc) is 3.42. The first kappa shape index (κ1) is 35.0. The second-order valence-electron chi connectivity index (χ2n) is 10.6. The fourth-order valence-corrected chi connectivity index (χ4v) is 4.75. The van der Waals surface area contributed by atoms with Crippen LogP contribution < -0.4 is 21.1 Å². The SMILES string of the molecule is CCCCCCCCCC(=O)N[C@H](Cc1c[nH]c2ccccc12)C(=O)N[C@H](CC(N)=O)C(=O)Oc1c(F)c(F)c(F)c(F)c1F. The Balaban J connectivity index is 1.79. The zero-order chi connectivity index (χ0) is 33.1. The Bertz CT molecular complexity index is 1500. The number of hydrogen-bond acceptors (Lipinski definition) is 5. The molecule has 9 nitrogen and oxygen atoms in total. The molecule has 244 valence electrons. The molecule has 0 bridgehead atoms. The van der Waals surface area contributed by atoms with Crippen LogP contribution >= 0.6 is 0 Å². The van der Waals surface area contributed by atoms with Crippen molar-refractivity contribution in [3.05, 3.63) is 65.1 Å². The van der Waals surface area contributed by atoms with E-state index in [0.29, 0.717) is 12.0 Å². The molecule has 0 spiro atoms. The second-order valence-corrected chi connectivity index (χ2v) is 10.6. The molecule has 0 saturated heterocycles. The van der Waals surface area contributed by atoms with Gasteiger partial charge in [0.2, 0.25) is 52.6 Å². The van der Waals surface area contributed by atoms with Crippen molar-refractivity contribution in [2.75, 3.05) is 0 Å². The molecule has 14 heteroatoms. The highest BCUT2D eigenvalue weighted by molar-refractivity contribution is 5.94. The van der Waals surface area contributed by atoms with E-state index >= 15 is 0 Å². The molecule has 0 aliphatic rings. The van der Waals surface area contributed by atoms with Crippen molar-refractivity contribution in [3.63, 3.8) is 0 Å². The number of carbonyl (C=O) groups excluding carboxylic acids is 4. The number of hydrogen-bond donors (Lipinski definition) is 4. The Labute approximate surface area is 256 Å². The van der Waals surface area contributed by atoms with E-state index < -0.39 is 77.0 Å². The lowest BCUT2D eigenvalue weighted by Crippen LogP contribution is -2.54. The number of fused-ring (bicyclic) bond motifs is 1. The van der Waals surface area contributed by atoms with Gasteiger partial charge in [0.15, 0.2) is 0 Å². The minimum Gasteiger partial charge on any atom is -0.418 e. The summed E-state index contributed by atoms with van der Waals surface area (Å²) in [6.07, 6.45) is 7.43. The number of aromatic nitrogens is 1. The molecule has 0 fully saturated rings. The van der Waals surface area contributed by atoms with Crippen LogP contribution in [0.4, 0.5) is 22.0 Å². The molecule has 45 heavy (non-hydrogen) atoms. The third kappa shape index (κ3) is 9.50. The van der Waals surface area contributed by atoms with E-state index in [1.54, 1.807) is 30.5 Å². The van der Waals surface area contributed by atoms with Gasteiger partial charge in [-0.1, -0.05) is 63.6 Å². The number of amides is 3. The summed E-state index contributed by atoms with van der Waals surface area (Å²) in [5, 5.41) is 5.53. The smallest absolute Gasteiger partial charge is 0.334 e. The standard InChI is InChI=1S/C31H35F5N4O5/c1-2-3-4-5-6-7-8-13-23(42)39-20(14-17-16-38-19-12-10-9-11-18(17)19)30(43)40-21(15-22(37)41)31(44)45-29-27(35)25(33)24(32)26(34)28(29)36/h9-12,16,20-21,38H,2-8,13-15H2,1H3,(H2,37,41)(H,39,42)(H,40,43)/t20-,21-/m1/s1. The lowest BCUT2D eigenvalue weighted by atomic mass is 10.0. The summed E-state index contributed by atoms with van der Waals surface area (Å²) in [4.78, 5) is 53.8. The van der Waals surface area contributed by atoms with Gasteiger partial charge in [-0.2, -0.15) is 8.78 Å². The first-order chi connectivity index (χ1) is 21.4. The molecule has 3 aromatic rings. The van der Waals surface area contributed by atoms with Crippen molar-refractivity contribution >= 4 is 34.6 Å². The fourth-order valence-electron chi connectivity index (χ4n) is 4.75. The predicted molar refractivity (Wildman–Crippen MR) is 154 cm³/mol. The van der Waals surface area contributed by atoms with Gasteiger partial charge in [-0.25, -0.2) is 18.0 Å². The highest BCUT2D eigenvalue weighted by Crippen LogP contribution is 2.29. The number of esters is 1. The Kier molecular flexibility index (Phi) is 12.9. The number of H-pyrrole nitrogens is 1. The quantitative estimate of drug-likeness (QED) is 0.0411. The Morgan fingerprint density at radius 1 is 0.822 bits per heavy atom. The largest absolute Gasteiger partial charge is 0.418 e. The third-order valence-electron chi connectivity index (χ3n) is 7.14. The summed E-state index contributed by atoms with van der Waals surface area (Å²) in [7, 11) is 0. The van der Waals surface area contributed by atoms with Gasteiger partial charge in [0.1, 0.15) is 12.1 Å². The van der Waals surface area contributed by atoms with E-state index in [9.17, 15) is 41.1 Å². The van der Waals surface area contributed by atoms with Crippen LogP contribution in [0.15, 0.2) is 30.5 Å². The van der Waals surface area contributed by atoms with E-state index in [4.69, 9.17) is 5.73 Å². The van der Waals surface area contributed by atoms with Crippen LogP contribution in [-0.4, -0.2) is 40.8 Å². The summed E-state index contributed by atoms with van der Waals surface area (Å²) < 4.78 is 73.4. The van der Waals surface area contributed by atoms with Gasteiger partial charge in [0, 0.05) is 29.9 Å². The third-order valence-corrected chi connectivity index (χ3v) is 7.14. The molecule has 3 amide bonds. The lowest BCUT2D eigenvalue weighted by Gasteiger charge is -2.22.